The summed E-state index contributed by atoms with van der Waals surface area (Å²) in [7, 11) is 0. The van der Waals surface area contributed by atoms with Crippen LogP contribution in [0, 0.1) is 11.8 Å². The average Bonchev–Trinajstić information content (AvgIpc) is 2.39. The van der Waals surface area contributed by atoms with E-state index in [1.165, 1.54) is 0 Å². The van der Waals surface area contributed by atoms with Crippen LogP contribution in [0.1, 0.15) is 39.0 Å². The Kier molecular flexibility index (Phi) is 8.73. The first-order valence-corrected chi connectivity index (χ1v) is 6.35. The number of hydrogen-bond donors (Lipinski definition) is 3. The zero-order chi connectivity index (χ0) is 15.5. The number of carbonyl (C=O) groups is 4. The highest BCUT2D eigenvalue weighted by Gasteiger charge is 2.30. The van der Waals surface area contributed by atoms with Gasteiger partial charge in [-0.25, -0.2) is 9.59 Å². The molecule has 2 atom stereocenters. The van der Waals surface area contributed by atoms with E-state index in [4.69, 9.17) is 10.8 Å². The topological polar surface area (TPSA) is 136 Å². The van der Waals surface area contributed by atoms with Gasteiger partial charge in [-0.2, -0.15) is 5.48 Å². The van der Waals surface area contributed by atoms with E-state index in [0.29, 0.717) is 12.7 Å². The van der Waals surface area contributed by atoms with Gasteiger partial charge in [-0.1, -0.05) is 19.8 Å². The predicted molar refractivity (Wildman–Crippen MR) is 68.2 cm³/mol. The first-order chi connectivity index (χ1) is 9.42. The molecule has 4 N–H and O–H groups in total. The summed E-state index contributed by atoms with van der Waals surface area (Å²) in [6.45, 7) is 1.93. The molecule has 0 aliphatic rings. The standard InChI is InChI=1S/C12H20N2O6/c1-2-3-4-8(7-15)9(5-6-10(16)17)11(18)20-14-12(13)19/h7-9H,2-6H2,1H3,(H,16,17)(H3,13,14,19). The van der Waals surface area contributed by atoms with Gasteiger partial charge in [-0.15, -0.1) is 0 Å². The maximum Gasteiger partial charge on any atom is 0.345 e. The normalized spacial score (nSPS) is 13.1. The van der Waals surface area contributed by atoms with E-state index in [9.17, 15) is 19.2 Å². The summed E-state index contributed by atoms with van der Waals surface area (Å²) in [5.74, 6) is -3.50. The molecule has 0 saturated carbocycles. The van der Waals surface area contributed by atoms with Crippen LogP contribution in [0.25, 0.3) is 0 Å². The molecule has 0 aromatic heterocycles. The second kappa shape index (κ2) is 9.76. The summed E-state index contributed by atoms with van der Waals surface area (Å²) in [5.41, 5.74) is 6.44. The molecule has 0 bridgehead atoms. The van der Waals surface area contributed by atoms with Crippen LogP contribution in [0.3, 0.4) is 0 Å². The van der Waals surface area contributed by atoms with Crippen molar-refractivity contribution in [2.24, 2.45) is 17.6 Å². The van der Waals surface area contributed by atoms with Crippen molar-refractivity contribution >= 4 is 24.3 Å². The molecule has 0 saturated heterocycles. The molecule has 8 nitrogen and oxygen atoms in total. The highest BCUT2D eigenvalue weighted by Crippen LogP contribution is 2.23. The lowest BCUT2D eigenvalue weighted by atomic mass is 9.86. The maximum atomic E-state index is 11.8. The molecular formula is C12H20N2O6. The molecule has 0 aromatic rings. The number of carbonyl (C=O) groups excluding carboxylic acids is 3. The minimum Gasteiger partial charge on any atom is -0.481 e. The Morgan fingerprint density at radius 2 is 2.00 bits per heavy atom. The molecule has 20 heavy (non-hydrogen) atoms. The van der Waals surface area contributed by atoms with Crippen molar-refractivity contribution in [3.05, 3.63) is 0 Å². The van der Waals surface area contributed by atoms with Crippen LogP contribution in [0.2, 0.25) is 0 Å². The zero-order valence-corrected chi connectivity index (χ0v) is 11.3. The number of aliphatic carboxylic acids is 1. The molecule has 0 fully saturated rings. The molecule has 0 spiro atoms. The first-order valence-electron chi connectivity index (χ1n) is 6.35. The van der Waals surface area contributed by atoms with E-state index < -0.39 is 29.8 Å². The lowest BCUT2D eigenvalue weighted by molar-refractivity contribution is -0.157. The van der Waals surface area contributed by atoms with E-state index >= 15 is 0 Å². The minimum absolute atomic E-state index is 0.0400. The molecule has 8 heteroatoms. The largest absolute Gasteiger partial charge is 0.481 e. The van der Waals surface area contributed by atoms with Crippen molar-refractivity contribution < 1.29 is 29.1 Å². The molecule has 0 aliphatic carbocycles. The summed E-state index contributed by atoms with van der Waals surface area (Å²) >= 11 is 0. The molecule has 0 heterocycles. The van der Waals surface area contributed by atoms with E-state index in [2.05, 4.69) is 4.84 Å². The summed E-state index contributed by atoms with van der Waals surface area (Å²) < 4.78 is 0. The van der Waals surface area contributed by atoms with Gasteiger partial charge in [-0.05, 0) is 12.8 Å². The smallest absolute Gasteiger partial charge is 0.345 e. The molecule has 2 amide bonds. The highest BCUT2D eigenvalue weighted by molar-refractivity contribution is 5.79. The van der Waals surface area contributed by atoms with Gasteiger partial charge in [0, 0.05) is 12.3 Å². The second-order valence-electron chi connectivity index (χ2n) is 4.37. The monoisotopic (exact) mass is 288 g/mol. The van der Waals surface area contributed by atoms with Crippen molar-refractivity contribution in [3.63, 3.8) is 0 Å². The maximum absolute atomic E-state index is 11.8. The number of amides is 2. The van der Waals surface area contributed by atoms with Crippen LogP contribution in [-0.4, -0.2) is 29.4 Å². The number of hydroxylamine groups is 1. The third-order valence-electron chi connectivity index (χ3n) is 2.81. The zero-order valence-electron chi connectivity index (χ0n) is 11.3. The Balaban J connectivity index is 4.73. The Bertz CT molecular complexity index is 358. The quantitative estimate of drug-likeness (QED) is 0.420. The molecule has 0 aliphatic heterocycles. The van der Waals surface area contributed by atoms with E-state index in [1.807, 2.05) is 6.92 Å². The van der Waals surface area contributed by atoms with Crippen LogP contribution in [0.15, 0.2) is 0 Å². The van der Waals surface area contributed by atoms with Gasteiger partial charge in [0.25, 0.3) is 0 Å². The van der Waals surface area contributed by atoms with Crippen LogP contribution >= 0.6 is 0 Å². The summed E-state index contributed by atoms with van der Waals surface area (Å²) in [6, 6.07) is -1.05. The van der Waals surface area contributed by atoms with Crippen LogP contribution in [0.5, 0.6) is 0 Å². The third kappa shape index (κ3) is 7.34. The minimum atomic E-state index is -1.08. The van der Waals surface area contributed by atoms with Gasteiger partial charge in [-0.3, -0.25) is 4.79 Å². The summed E-state index contributed by atoms with van der Waals surface area (Å²) in [6.07, 6.45) is 2.33. The Hall–Kier alpha value is -2.12. The summed E-state index contributed by atoms with van der Waals surface area (Å²) in [5, 5.41) is 8.66. The highest BCUT2D eigenvalue weighted by atomic mass is 16.7. The third-order valence-corrected chi connectivity index (χ3v) is 2.81. The van der Waals surface area contributed by atoms with Gasteiger partial charge in [0.1, 0.15) is 6.29 Å². The lowest BCUT2D eigenvalue weighted by Crippen LogP contribution is -2.36. The van der Waals surface area contributed by atoms with Crippen LogP contribution in [-0.2, 0) is 19.2 Å². The number of primary amides is 1. The molecule has 0 radical (unpaired) electrons. The fraction of sp³-hybridized carbons (Fsp3) is 0.667. The number of nitrogens with two attached hydrogens (primary N) is 1. The molecular weight excluding hydrogens is 268 g/mol. The number of nitrogens with one attached hydrogen (secondary N) is 1. The van der Waals surface area contributed by atoms with Gasteiger partial charge in [0.05, 0.1) is 5.92 Å². The Morgan fingerprint density at radius 1 is 1.35 bits per heavy atom. The number of carboxylic acid groups (broad SMARTS) is 1. The Labute approximate surface area is 116 Å². The van der Waals surface area contributed by atoms with Crippen molar-refractivity contribution in [2.45, 2.75) is 39.0 Å². The fourth-order valence-corrected chi connectivity index (χ4v) is 1.77. The SMILES string of the molecule is CCCCC(C=O)C(CCC(=O)O)C(=O)ONC(N)=O. The molecule has 0 aromatic carbocycles. The fourth-order valence-electron chi connectivity index (χ4n) is 1.77. The van der Waals surface area contributed by atoms with Crippen molar-refractivity contribution in [1.29, 1.82) is 0 Å². The van der Waals surface area contributed by atoms with E-state index in [0.717, 1.165) is 12.8 Å². The van der Waals surface area contributed by atoms with Gasteiger partial charge in [0.2, 0.25) is 0 Å². The number of rotatable bonds is 9. The number of hydrogen-bond acceptors (Lipinski definition) is 5. The van der Waals surface area contributed by atoms with Gasteiger partial charge in [0.15, 0.2) is 0 Å². The number of unbranched alkanes of at least 4 members (excludes halogenated alkanes) is 1. The van der Waals surface area contributed by atoms with Crippen molar-refractivity contribution in [3.8, 4) is 0 Å². The molecule has 114 valence electrons. The molecule has 2 unspecified atom stereocenters. The Morgan fingerprint density at radius 3 is 2.45 bits per heavy atom. The second-order valence-corrected chi connectivity index (χ2v) is 4.37. The lowest BCUT2D eigenvalue weighted by Gasteiger charge is -2.20. The first kappa shape index (κ1) is 17.9. The van der Waals surface area contributed by atoms with Gasteiger partial charge < -0.3 is 20.5 Å². The van der Waals surface area contributed by atoms with E-state index in [1.54, 1.807) is 5.48 Å². The van der Waals surface area contributed by atoms with E-state index in [-0.39, 0.29) is 12.8 Å². The number of aldehydes is 1. The van der Waals surface area contributed by atoms with Crippen LogP contribution < -0.4 is 11.2 Å². The van der Waals surface area contributed by atoms with Gasteiger partial charge >= 0.3 is 18.0 Å². The number of carboxylic acids is 1. The predicted octanol–water partition coefficient (Wildman–Crippen LogP) is 0.599. The van der Waals surface area contributed by atoms with Crippen molar-refractivity contribution in [2.75, 3.05) is 0 Å². The molecule has 0 rings (SSSR count). The van der Waals surface area contributed by atoms with Crippen molar-refractivity contribution in [1.82, 2.24) is 5.48 Å². The summed E-state index contributed by atoms with van der Waals surface area (Å²) in [4.78, 5) is 48.4. The number of urea groups is 1. The average molecular weight is 288 g/mol. The van der Waals surface area contributed by atoms with Crippen LogP contribution in [0.4, 0.5) is 4.79 Å².